The molecule has 92 valence electrons. The molecule has 0 spiro atoms. The Hall–Kier alpha value is -1.60. The molecule has 0 saturated carbocycles. The van der Waals surface area contributed by atoms with E-state index in [1.54, 1.807) is 24.3 Å². The zero-order chi connectivity index (χ0) is 13.1. The van der Waals surface area contributed by atoms with Crippen LogP contribution in [0.15, 0.2) is 48.5 Å². The normalized spacial score (nSPS) is 12.2. The number of carbonyl (C=O) groups excluding carboxylic acids is 1. The first kappa shape index (κ1) is 12.8. The third-order valence-electron chi connectivity index (χ3n) is 3.10. The molecule has 2 aromatic rings. The molecule has 0 aliphatic heterocycles. The summed E-state index contributed by atoms with van der Waals surface area (Å²) in [5, 5.41) is 0.648. The third kappa shape index (κ3) is 2.80. The molecule has 2 rings (SSSR count). The van der Waals surface area contributed by atoms with Gasteiger partial charge in [-0.25, -0.2) is 0 Å². The zero-order valence-electron chi connectivity index (χ0n) is 10.5. The Morgan fingerprint density at radius 2 is 1.56 bits per heavy atom. The first-order valence-corrected chi connectivity index (χ1v) is 6.32. The minimum Gasteiger partial charge on any atom is -0.294 e. The molecule has 2 aromatic carbocycles. The Morgan fingerprint density at radius 1 is 1.00 bits per heavy atom. The molecule has 1 unspecified atom stereocenters. The first-order valence-electron chi connectivity index (χ1n) is 5.94. The highest BCUT2D eigenvalue weighted by Gasteiger charge is 2.16. The molecule has 0 aliphatic rings. The summed E-state index contributed by atoms with van der Waals surface area (Å²) in [5.41, 5.74) is 2.94. The molecule has 0 saturated heterocycles. The number of Topliss-reactive ketones (excluding diaryl/α,β-unsaturated/α-hetero) is 1. The van der Waals surface area contributed by atoms with Crippen LogP contribution < -0.4 is 0 Å². The van der Waals surface area contributed by atoms with E-state index in [0.29, 0.717) is 10.6 Å². The molecule has 0 radical (unpaired) electrons. The molecule has 0 N–H and O–H groups in total. The van der Waals surface area contributed by atoms with Gasteiger partial charge in [0.2, 0.25) is 0 Å². The molecule has 0 aromatic heterocycles. The van der Waals surface area contributed by atoms with Crippen LogP contribution in [0.25, 0.3) is 0 Å². The summed E-state index contributed by atoms with van der Waals surface area (Å²) < 4.78 is 0. The van der Waals surface area contributed by atoms with Gasteiger partial charge >= 0.3 is 0 Å². The zero-order valence-corrected chi connectivity index (χ0v) is 11.2. The third-order valence-corrected chi connectivity index (χ3v) is 3.35. The van der Waals surface area contributed by atoms with Crippen molar-refractivity contribution in [3.8, 4) is 0 Å². The lowest BCUT2D eigenvalue weighted by Crippen LogP contribution is -2.09. The summed E-state index contributed by atoms with van der Waals surface area (Å²) >= 11 is 5.82. The Kier molecular flexibility index (Phi) is 3.83. The van der Waals surface area contributed by atoms with Gasteiger partial charge in [-0.05, 0) is 36.8 Å². The van der Waals surface area contributed by atoms with Gasteiger partial charge < -0.3 is 0 Å². The van der Waals surface area contributed by atoms with Crippen molar-refractivity contribution in [2.45, 2.75) is 19.8 Å². The summed E-state index contributed by atoms with van der Waals surface area (Å²) in [6.45, 7) is 3.97. The van der Waals surface area contributed by atoms with E-state index >= 15 is 0 Å². The van der Waals surface area contributed by atoms with E-state index in [1.807, 2.05) is 38.1 Å². The van der Waals surface area contributed by atoms with Gasteiger partial charge in [0.05, 0.1) is 0 Å². The van der Waals surface area contributed by atoms with Crippen molar-refractivity contribution >= 4 is 17.4 Å². The van der Waals surface area contributed by atoms with E-state index in [-0.39, 0.29) is 11.7 Å². The van der Waals surface area contributed by atoms with Crippen LogP contribution in [0.4, 0.5) is 0 Å². The Balaban J connectivity index is 2.23. The molecule has 18 heavy (non-hydrogen) atoms. The van der Waals surface area contributed by atoms with Crippen LogP contribution in [-0.4, -0.2) is 5.78 Å². The second-order valence-electron chi connectivity index (χ2n) is 4.50. The summed E-state index contributed by atoms with van der Waals surface area (Å²) in [7, 11) is 0. The lowest BCUT2D eigenvalue weighted by atomic mass is 9.92. The predicted octanol–water partition coefficient (Wildman–Crippen LogP) is 4.63. The molecule has 0 heterocycles. The molecule has 0 amide bonds. The van der Waals surface area contributed by atoms with Gasteiger partial charge in [-0.2, -0.15) is 0 Å². The van der Waals surface area contributed by atoms with Gasteiger partial charge in [0.25, 0.3) is 0 Å². The molecule has 0 bridgehead atoms. The fraction of sp³-hybridized carbons (Fsp3) is 0.188. The molecule has 0 fully saturated rings. The van der Waals surface area contributed by atoms with Crippen LogP contribution in [0.2, 0.25) is 5.02 Å². The number of benzene rings is 2. The summed E-state index contributed by atoms with van der Waals surface area (Å²) in [6.07, 6.45) is 0. The average Bonchev–Trinajstić information content (AvgIpc) is 2.39. The quantitative estimate of drug-likeness (QED) is 0.734. The van der Waals surface area contributed by atoms with E-state index in [4.69, 9.17) is 11.6 Å². The van der Waals surface area contributed by atoms with Crippen molar-refractivity contribution in [2.24, 2.45) is 0 Å². The van der Waals surface area contributed by atoms with Crippen LogP contribution in [0.5, 0.6) is 0 Å². The predicted molar refractivity (Wildman–Crippen MR) is 75.4 cm³/mol. The fourth-order valence-corrected chi connectivity index (χ4v) is 2.00. The number of ketones is 1. The molecule has 1 nitrogen and oxygen atoms in total. The summed E-state index contributed by atoms with van der Waals surface area (Å²) in [6, 6.07) is 15.1. The van der Waals surface area contributed by atoms with Crippen LogP contribution in [0.1, 0.15) is 34.3 Å². The maximum absolute atomic E-state index is 12.3. The van der Waals surface area contributed by atoms with Gasteiger partial charge in [-0.3, -0.25) is 4.79 Å². The minimum absolute atomic E-state index is 0.121. The van der Waals surface area contributed by atoms with E-state index in [1.165, 1.54) is 5.56 Å². The Bertz CT molecular complexity index is 540. The van der Waals surface area contributed by atoms with Gasteiger partial charge in [-0.15, -0.1) is 0 Å². The van der Waals surface area contributed by atoms with Crippen LogP contribution in [-0.2, 0) is 0 Å². The second-order valence-corrected chi connectivity index (χ2v) is 4.94. The van der Waals surface area contributed by atoms with Crippen molar-refractivity contribution < 1.29 is 4.79 Å². The van der Waals surface area contributed by atoms with Gasteiger partial charge in [0.15, 0.2) is 5.78 Å². The van der Waals surface area contributed by atoms with Crippen molar-refractivity contribution in [3.63, 3.8) is 0 Å². The van der Waals surface area contributed by atoms with E-state index < -0.39 is 0 Å². The summed E-state index contributed by atoms with van der Waals surface area (Å²) in [5.74, 6) is -0.0118. The Labute approximate surface area is 112 Å². The van der Waals surface area contributed by atoms with Gasteiger partial charge in [0, 0.05) is 16.5 Å². The highest BCUT2D eigenvalue weighted by atomic mass is 35.5. The SMILES string of the molecule is Cc1ccc(C(C)C(=O)c2ccc(Cl)cc2)cc1. The molecular weight excluding hydrogens is 244 g/mol. The van der Waals surface area contributed by atoms with Crippen LogP contribution >= 0.6 is 11.6 Å². The smallest absolute Gasteiger partial charge is 0.170 e. The lowest BCUT2D eigenvalue weighted by Gasteiger charge is -2.11. The highest BCUT2D eigenvalue weighted by molar-refractivity contribution is 6.30. The number of hydrogen-bond donors (Lipinski definition) is 0. The second kappa shape index (κ2) is 5.36. The first-order chi connectivity index (χ1) is 8.58. The fourth-order valence-electron chi connectivity index (χ4n) is 1.87. The summed E-state index contributed by atoms with van der Waals surface area (Å²) in [4.78, 5) is 12.3. The topological polar surface area (TPSA) is 17.1 Å². The van der Waals surface area contributed by atoms with Crippen molar-refractivity contribution in [3.05, 3.63) is 70.2 Å². The van der Waals surface area contributed by atoms with E-state index in [2.05, 4.69) is 0 Å². The van der Waals surface area contributed by atoms with E-state index in [0.717, 1.165) is 5.56 Å². The molecule has 1 atom stereocenters. The highest BCUT2D eigenvalue weighted by Crippen LogP contribution is 2.21. The molecule has 0 aliphatic carbocycles. The molecule has 2 heteroatoms. The van der Waals surface area contributed by atoms with Gasteiger partial charge in [-0.1, -0.05) is 48.4 Å². The molecular formula is C16H15ClO. The number of hydrogen-bond acceptors (Lipinski definition) is 1. The lowest BCUT2D eigenvalue weighted by molar-refractivity contribution is 0.0966. The monoisotopic (exact) mass is 258 g/mol. The average molecular weight is 259 g/mol. The van der Waals surface area contributed by atoms with Crippen LogP contribution in [0.3, 0.4) is 0 Å². The van der Waals surface area contributed by atoms with Crippen molar-refractivity contribution in [1.29, 1.82) is 0 Å². The number of rotatable bonds is 3. The van der Waals surface area contributed by atoms with Crippen molar-refractivity contribution in [1.82, 2.24) is 0 Å². The maximum atomic E-state index is 12.3. The van der Waals surface area contributed by atoms with Crippen LogP contribution in [0, 0.1) is 6.92 Å². The van der Waals surface area contributed by atoms with Crippen molar-refractivity contribution in [2.75, 3.05) is 0 Å². The number of carbonyl (C=O) groups is 1. The maximum Gasteiger partial charge on any atom is 0.170 e. The van der Waals surface area contributed by atoms with Gasteiger partial charge in [0.1, 0.15) is 0 Å². The number of aryl methyl sites for hydroxylation is 1. The minimum atomic E-state index is -0.133. The number of halogens is 1. The largest absolute Gasteiger partial charge is 0.294 e. The standard InChI is InChI=1S/C16H15ClO/c1-11-3-5-13(6-4-11)12(2)16(18)14-7-9-15(17)10-8-14/h3-10,12H,1-2H3. The Morgan fingerprint density at radius 3 is 2.11 bits per heavy atom. The van der Waals surface area contributed by atoms with E-state index in [9.17, 15) is 4.79 Å².